The van der Waals surface area contributed by atoms with Gasteiger partial charge in [-0.05, 0) is 42.9 Å². The van der Waals surface area contributed by atoms with Crippen LogP contribution >= 0.6 is 0 Å². The van der Waals surface area contributed by atoms with Crippen molar-refractivity contribution >= 4 is 17.7 Å². The quantitative estimate of drug-likeness (QED) is 0.610. The van der Waals surface area contributed by atoms with Crippen molar-refractivity contribution in [3.63, 3.8) is 0 Å². The lowest BCUT2D eigenvalue weighted by Gasteiger charge is -2.29. The van der Waals surface area contributed by atoms with Crippen LogP contribution in [0.1, 0.15) is 53.6 Å². The number of nitrogens with one attached hydrogen (secondary N) is 2. The smallest absolute Gasteiger partial charge is 0.255 e. The molecule has 0 radical (unpaired) electrons. The number of rotatable bonds is 5. The zero-order valence-electron chi connectivity index (χ0n) is 16.3. The lowest BCUT2D eigenvalue weighted by molar-refractivity contribution is -0.136. The number of nitrogens with zero attached hydrogens (tertiary/aromatic N) is 1. The SMILES string of the molecule is NC12CCC(CNCc3ccc4c(c3)C(=O)N(C3CCC(=O)NC3=O)C4)(C1)OC2. The Morgan fingerprint density at radius 3 is 2.83 bits per heavy atom. The minimum atomic E-state index is -0.577. The fourth-order valence-corrected chi connectivity index (χ4v) is 5.19. The maximum Gasteiger partial charge on any atom is 0.255 e. The van der Waals surface area contributed by atoms with E-state index in [2.05, 4.69) is 10.6 Å². The summed E-state index contributed by atoms with van der Waals surface area (Å²) < 4.78 is 5.96. The summed E-state index contributed by atoms with van der Waals surface area (Å²) in [6, 6.07) is 5.31. The predicted molar refractivity (Wildman–Crippen MR) is 104 cm³/mol. The Bertz CT molecular complexity index is 891. The Kier molecular flexibility index (Phi) is 4.27. The zero-order valence-corrected chi connectivity index (χ0v) is 16.3. The standard InChI is InChI=1S/C21H26N4O4/c22-20-5-6-21(10-20,29-12-20)11-23-8-13-1-2-14-9-25(19(28)15(14)7-13)16-3-4-17(26)24-18(16)27/h1-2,7,16,23H,3-6,8-12,22H2,(H,24,26,27). The first-order valence-electron chi connectivity index (χ1n) is 10.3. The van der Waals surface area contributed by atoms with E-state index in [4.69, 9.17) is 10.5 Å². The summed E-state index contributed by atoms with van der Waals surface area (Å²) in [5.74, 6) is -0.797. The van der Waals surface area contributed by atoms with Crippen LogP contribution in [0.2, 0.25) is 0 Å². The molecule has 3 amide bonds. The van der Waals surface area contributed by atoms with Gasteiger partial charge in [0.1, 0.15) is 6.04 Å². The van der Waals surface area contributed by atoms with Crippen LogP contribution in [0.3, 0.4) is 0 Å². The molecule has 4 aliphatic rings. The average molecular weight is 398 g/mol. The van der Waals surface area contributed by atoms with E-state index in [1.807, 2.05) is 18.2 Å². The van der Waals surface area contributed by atoms with E-state index in [-0.39, 0.29) is 35.3 Å². The molecule has 29 heavy (non-hydrogen) atoms. The lowest BCUT2D eigenvalue weighted by Crippen LogP contribution is -2.52. The average Bonchev–Trinajstić information content (AvgIpc) is 3.31. The first-order chi connectivity index (χ1) is 13.9. The molecule has 1 aliphatic carbocycles. The highest BCUT2D eigenvalue weighted by atomic mass is 16.5. The molecule has 3 heterocycles. The minimum absolute atomic E-state index is 0.141. The van der Waals surface area contributed by atoms with Crippen molar-refractivity contribution in [1.82, 2.24) is 15.5 Å². The molecule has 0 spiro atoms. The number of hydrogen-bond donors (Lipinski definition) is 3. The highest BCUT2D eigenvalue weighted by molar-refractivity contribution is 6.05. The van der Waals surface area contributed by atoms with Crippen molar-refractivity contribution in [2.24, 2.45) is 5.73 Å². The number of imide groups is 1. The summed E-state index contributed by atoms with van der Waals surface area (Å²) in [7, 11) is 0. The van der Waals surface area contributed by atoms with Crippen LogP contribution in [-0.4, -0.2) is 53.0 Å². The van der Waals surface area contributed by atoms with E-state index in [9.17, 15) is 14.4 Å². The summed E-state index contributed by atoms with van der Waals surface area (Å²) in [4.78, 5) is 38.0. The zero-order chi connectivity index (χ0) is 20.2. The minimum Gasteiger partial charge on any atom is -0.372 e. The second-order valence-electron chi connectivity index (χ2n) is 9.01. The monoisotopic (exact) mass is 398 g/mol. The van der Waals surface area contributed by atoms with Gasteiger partial charge < -0.3 is 20.7 Å². The summed E-state index contributed by atoms with van der Waals surface area (Å²) in [6.45, 7) is 2.43. The van der Waals surface area contributed by atoms with Crippen LogP contribution < -0.4 is 16.4 Å². The molecule has 3 atom stereocenters. The molecular weight excluding hydrogens is 372 g/mol. The number of carbonyl (C=O) groups excluding carboxylic acids is 3. The van der Waals surface area contributed by atoms with Gasteiger partial charge in [-0.2, -0.15) is 0 Å². The molecule has 1 saturated carbocycles. The van der Waals surface area contributed by atoms with Crippen LogP contribution in [-0.2, 0) is 27.4 Å². The van der Waals surface area contributed by atoms with E-state index < -0.39 is 6.04 Å². The van der Waals surface area contributed by atoms with Crippen molar-refractivity contribution in [2.45, 2.75) is 62.4 Å². The van der Waals surface area contributed by atoms with Crippen LogP contribution in [0.5, 0.6) is 0 Å². The van der Waals surface area contributed by atoms with Crippen molar-refractivity contribution in [1.29, 1.82) is 0 Å². The lowest BCUT2D eigenvalue weighted by atomic mass is 10.00. The van der Waals surface area contributed by atoms with Crippen molar-refractivity contribution in [2.75, 3.05) is 13.2 Å². The van der Waals surface area contributed by atoms with E-state index >= 15 is 0 Å². The molecule has 0 aromatic heterocycles. The third kappa shape index (κ3) is 3.25. The maximum atomic E-state index is 12.9. The molecule has 4 N–H and O–H groups in total. The highest BCUT2D eigenvalue weighted by Crippen LogP contribution is 2.45. The molecule has 8 heteroatoms. The molecule has 3 unspecified atom stereocenters. The van der Waals surface area contributed by atoms with Gasteiger partial charge >= 0.3 is 0 Å². The first kappa shape index (κ1) is 18.7. The highest BCUT2D eigenvalue weighted by Gasteiger charge is 2.53. The van der Waals surface area contributed by atoms with Gasteiger partial charge in [0.25, 0.3) is 5.91 Å². The van der Waals surface area contributed by atoms with E-state index in [1.54, 1.807) is 4.90 Å². The molecule has 1 aromatic carbocycles. The van der Waals surface area contributed by atoms with Gasteiger partial charge in [-0.1, -0.05) is 12.1 Å². The Labute approximate surface area is 169 Å². The van der Waals surface area contributed by atoms with Gasteiger partial charge in [0.2, 0.25) is 11.8 Å². The van der Waals surface area contributed by atoms with Gasteiger partial charge in [0.15, 0.2) is 0 Å². The number of nitrogens with two attached hydrogens (primary N) is 1. The molecule has 8 nitrogen and oxygen atoms in total. The second kappa shape index (κ2) is 6.62. The van der Waals surface area contributed by atoms with Crippen LogP contribution in [0.4, 0.5) is 0 Å². The molecule has 2 bridgehead atoms. The third-order valence-electron chi connectivity index (χ3n) is 6.79. The van der Waals surface area contributed by atoms with Crippen LogP contribution in [0, 0.1) is 0 Å². The maximum absolute atomic E-state index is 12.9. The summed E-state index contributed by atoms with van der Waals surface area (Å²) in [5.41, 5.74) is 8.58. The Morgan fingerprint density at radius 1 is 1.28 bits per heavy atom. The third-order valence-corrected chi connectivity index (χ3v) is 6.79. The molecule has 1 aromatic rings. The summed E-state index contributed by atoms with van der Waals surface area (Å²) in [5, 5.41) is 5.80. The molecular formula is C21H26N4O4. The normalized spacial score (nSPS) is 33.3. The molecule has 5 rings (SSSR count). The Morgan fingerprint density at radius 2 is 2.14 bits per heavy atom. The number of ether oxygens (including phenoxy) is 1. The fourth-order valence-electron chi connectivity index (χ4n) is 5.19. The van der Waals surface area contributed by atoms with Crippen LogP contribution in [0.15, 0.2) is 18.2 Å². The first-order valence-corrected chi connectivity index (χ1v) is 10.3. The largest absolute Gasteiger partial charge is 0.372 e. The second-order valence-corrected chi connectivity index (χ2v) is 9.01. The number of benzene rings is 1. The summed E-state index contributed by atoms with van der Waals surface area (Å²) in [6.07, 6.45) is 3.54. The summed E-state index contributed by atoms with van der Waals surface area (Å²) >= 11 is 0. The number of hydrogen-bond acceptors (Lipinski definition) is 6. The van der Waals surface area contributed by atoms with E-state index in [1.165, 1.54) is 0 Å². The number of amides is 3. The van der Waals surface area contributed by atoms with Crippen molar-refractivity contribution in [3.8, 4) is 0 Å². The van der Waals surface area contributed by atoms with Crippen molar-refractivity contribution < 1.29 is 19.1 Å². The van der Waals surface area contributed by atoms with Gasteiger partial charge in [-0.25, -0.2) is 0 Å². The topological polar surface area (TPSA) is 114 Å². The molecule has 2 saturated heterocycles. The Balaban J connectivity index is 1.23. The number of fused-ring (bicyclic) bond motifs is 3. The number of piperidine rings is 1. The van der Waals surface area contributed by atoms with E-state index in [0.717, 1.165) is 36.9 Å². The van der Waals surface area contributed by atoms with Crippen LogP contribution in [0.25, 0.3) is 0 Å². The molecule has 154 valence electrons. The number of carbonyl (C=O) groups is 3. The van der Waals surface area contributed by atoms with E-state index in [0.29, 0.717) is 31.7 Å². The van der Waals surface area contributed by atoms with Crippen molar-refractivity contribution in [3.05, 3.63) is 34.9 Å². The Hall–Kier alpha value is -2.29. The van der Waals surface area contributed by atoms with Gasteiger partial charge in [-0.3, -0.25) is 19.7 Å². The van der Waals surface area contributed by atoms with Gasteiger partial charge in [0.05, 0.1) is 12.2 Å². The molecule has 3 fully saturated rings. The van der Waals surface area contributed by atoms with Gasteiger partial charge in [-0.15, -0.1) is 0 Å². The molecule has 3 aliphatic heterocycles. The van der Waals surface area contributed by atoms with Gasteiger partial charge in [0, 0.05) is 37.2 Å². The fraction of sp³-hybridized carbons (Fsp3) is 0.571. The predicted octanol–water partition coefficient (Wildman–Crippen LogP) is 0.188.